The molecule has 0 aliphatic carbocycles. The van der Waals surface area contributed by atoms with Crippen LogP contribution in [-0.4, -0.2) is 0 Å². The molecule has 0 bridgehead atoms. The topological polar surface area (TPSA) is 16.4 Å². The van der Waals surface area contributed by atoms with Gasteiger partial charge in [0.1, 0.15) is 5.58 Å². The average Bonchev–Trinajstić information content (AvgIpc) is 3.57. The lowest BCUT2D eigenvalue weighted by molar-refractivity contribution is 0.669. The quantitative estimate of drug-likeness (QED) is 0.175. The van der Waals surface area contributed by atoms with Crippen molar-refractivity contribution in [1.82, 2.24) is 0 Å². The third kappa shape index (κ3) is 4.57. The van der Waals surface area contributed by atoms with Crippen molar-refractivity contribution in [2.45, 2.75) is 0 Å². The van der Waals surface area contributed by atoms with Crippen LogP contribution in [-0.2, 0) is 0 Å². The van der Waals surface area contributed by atoms with Gasteiger partial charge in [-0.15, -0.1) is 0 Å². The second kappa shape index (κ2) is 11.5. The maximum Gasteiger partial charge on any atom is 0.159 e. The monoisotopic (exact) mass is 637 g/mol. The van der Waals surface area contributed by atoms with E-state index < -0.39 is 0 Å². The number of hydrogen-bond acceptors (Lipinski definition) is 2. The maximum atomic E-state index is 6.62. The van der Waals surface area contributed by atoms with E-state index >= 15 is 0 Å². The Hall–Kier alpha value is -6.64. The lowest BCUT2D eigenvalue weighted by atomic mass is 9.93. The first-order valence-corrected chi connectivity index (χ1v) is 17.1. The summed E-state index contributed by atoms with van der Waals surface area (Å²) >= 11 is 0. The molecule has 0 N–H and O–H groups in total. The zero-order valence-electron chi connectivity index (χ0n) is 27.3. The van der Waals surface area contributed by atoms with Gasteiger partial charge in [-0.1, -0.05) is 146 Å². The van der Waals surface area contributed by atoms with Crippen LogP contribution in [0.1, 0.15) is 0 Å². The third-order valence-electron chi connectivity index (χ3n) is 10.0. The molecule has 0 atom stereocenters. The van der Waals surface area contributed by atoms with E-state index in [1.165, 1.54) is 54.6 Å². The van der Waals surface area contributed by atoms with Crippen LogP contribution in [0.25, 0.3) is 76.5 Å². The minimum atomic E-state index is 0.869. The van der Waals surface area contributed by atoms with Crippen LogP contribution < -0.4 is 4.90 Å². The summed E-state index contributed by atoms with van der Waals surface area (Å²) in [6, 6.07) is 67.5. The Labute approximate surface area is 290 Å². The smallest absolute Gasteiger partial charge is 0.159 e. The van der Waals surface area contributed by atoms with E-state index in [-0.39, 0.29) is 0 Å². The Morgan fingerprint density at radius 3 is 1.84 bits per heavy atom. The SMILES string of the molecule is c1cc(-c2cccc3ccccc23)cc(N(c2ccc(-c3cc4ccccc4c4ccccc34)cc2)c2cccc3c2oc2ccccc23)c1. The van der Waals surface area contributed by atoms with Crippen LogP contribution in [0.5, 0.6) is 0 Å². The van der Waals surface area contributed by atoms with Crippen LogP contribution >= 0.6 is 0 Å². The van der Waals surface area contributed by atoms with Crippen molar-refractivity contribution in [2.75, 3.05) is 4.90 Å². The molecule has 50 heavy (non-hydrogen) atoms. The summed E-state index contributed by atoms with van der Waals surface area (Å²) in [5.74, 6) is 0. The molecule has 1 aromatic heterocycles. The zero-order chi connectivity index (χ0) is 33.0. The summed E-state index contributed by atoms with van der Waals surface area (Å²) < 4.78 is 6.62. The highest BCUT2D eigenvalue weighted by molar-refractivity contribution is 6.14. The maximum absolute atomic E-state index is 6.62. The summed E-state index contributed by atoms with van der Waals surface area (Å²) in [4.78, 5) is 2.33. The van der Waals surface area contributed by atoms with Crippen LogP contribution in [0, 0.1) is 0 Å². The van der Waals surface area contributed by atoms with E-state index in [9.17, 15) is 0 Å². The molecule has 0 aliphatic heterocycles. The highest BCUT2D eigenvalue weighted by Crippen LogP contribution is 2.44. The van der Waals surface area contributed by atoms with Crippen LogP contribution in [0.2, 0.25) is 0 Å². The molecule has 234 valence electrons. The van der Waals surface area contributed by atoms with Crippen molar-refractivity contribution < 1.29 is 4.42 Å². The highest BCUT2D eigenvalue weighted by atomic mass is 16.3. The van der Waals surface area contributed by atoms with Gasteiger partial charge < -0.3 is 9.32 Å². The molecule has 0 unspecified atom stereocenters. The third-order valence-corrected chi connectivity index (χ3v) is 10.0. The summed E-state index contributed by atoms with van der Waals surface area (Å²) in [5, 5.41) is 9.74. The number of fused-ring (bicyclic) bond motifs is 7. The minimum Gasteiger partial charge on any atom is -0.454 e. The predicted octanol–water partition coefficient (Wildman–Crippen LogP) is 13.8. The number of anilines is 3. The molecule has 1 heterocycles. The largest absolute Gasteiger partial charge is 0.454 e. The van der Waals surface area contributed by atoms with Crippen molar-refractivity contribution in [3.8, 4) is 22.3 Å². The van der Waals surface area contributed by atoms with Crippen LogP contribution in [0.15, 0.2) is 192 Å². The molecule has 0 spiro atoms. The van der Waals surface area contributed by atoms with Gasteiger partial charge in [-0.3, -0.25) is 0 Å². The molecule has 9 aromatic carbocycles. The van der Waals surface area contributed by atoms with Gasteiger partial charge in [0.15, 0.2) is 5.58 Å². The standard InChI is InChI=1S/C48H31NO/c1-3-17-38-32(12-1)14-10-22-39(38)34-15-9-16-37(30-34)49(46-24-11-23-44-43-21-7-8-25-47(43)50-48(44)46)36-28-26-33(27-29-36)45-31-35-13-2-4-18-40(35)41-19-5-6-20-42(41)45/h1-31H. The lowest BCUT2D eigenvalue weighted by Crippen LogP contribution is -2.10. The lowest BCUT2D eigenvalue weighted by Gasteiger charge is -2.26. The molecule has 0 fully saturated rings. The van der Waals surface area contributed by atoms with E-state index in [0.29, 0.717) is 0 Å². The summed E-state index contributed by atoms with van der Waals surface area (Å²) in [6.07, 6.45) is 0. The van der Waals surface area contributed by atoms with E-state index in [0.717, 1.165) is 39.0 Å². The van der Waals surface area contributed by atoms with E-state index in [1.54, 1.807) is 0 Å². The molecule has 2 heteroatoms. The van der Waals surface area contributed by atoms with Gasteiger partial charge in [-0.2, -0.15) is 0 Å². The van der Waals surface area contributed by atoms with Gasteiger partial charge in [-0.05, 0) is 97.0 Å². The van der Waals surface area contributed by atoms with Gasteiger partial charge in [0.25, 0.3) is 0 Å². The Morgan fingerprint density at radius 2 is 0.980 bits per heavy atom. The zero-order valence-corrected chi connectivity index (χ0v) is 27.3. The summed E-state index contributed by atoms with van der Waals surface area (Å²) in [6.45, 7) is 0. The average molecular weight is 638 g/mol. The van der Waals surface area contributed by atoms with Gasteiger partial charge in [0.05, 0.1) is 5.69 Å². The molecule has 10 aromatic rings. The summed E-state index contributed by atoms with van der Waals surface area (Å²) in [7, 11) is 0. The van der Waals surface area contributed by atoms with Crippen molar-refractivity contribution >= 4 is 71.3 Å². The van der Waals surface area contributed by atoms with Crippen molar-refractivity contribution in [3.63, 3.8) is 0 Å². The number of nitrogens with zero attached hydrogens (tertiary/aromatic N) is 1. The number of rotatable bonds is 5. The number of benzene rings is 9. The van der Waals surface area contributed by atoms with Gasteiger partial charge >= 0.3 is 0 Å². The van der Waals surface area contributed by atoms with Gasteiger partial charge in [-0.25, -0.2) is 0 Å². The Bertz CT molecular complexity index is 2870. The normalized spacial score (nSPS) is 11.6. The van der Waals surface area contributed by atoms with Crippen LogP contribution in [0.4, 0.5) is 17.1 Å². The molecule has 0 saturated carbocycles. The second-order valence-corrected chi connectivity index (χ2v) is 12.9. The first kappa shape index (κ1) is 28.4. The Morgan fingerprint density at radius 1 is 0.340 bits per heavy atom. The Kier molecular flexibility index (Phi) is 6.53. The van der Waals surface area contributed by atoms with Gasteiger partial charge in [0.2, 0.25) is 0 Å². The molecule has 10 rings (SSSR count). The molecular formula is C48H31NO. The van der Waals surface area contributed by atoms with Crippen molar-refractivity contribution in [2.24, 2.45) is 0 Å². The first-order valence-electron chi connectivity index (χ1n) is 17.1. The van der Waals surface area contributed by atoms with Crippen LogP contribution in [0.3, 0.4) is 0 Å². The van der Waals surface area contributed by atoms with Crippen molar-refractivity contribution in [1.29, 1.82) is 0 Å². The van der Waals surface area contributed by atoms with E-state index in [1.807, 2.05) is 12.1 Å². The van der Waals surface area contributed by atoms with E-state index in [4.69, 9.17) is 4.42 Å². The number of para-hydroxylation sites is 2. The predicted molar refractivity (Wildman–Crippen MR) is 212 cm³/mol. The molecule has 0 saturated heterocycles. The number of furan rings is 1. The fourth-order valence-corrected chi connectivity index (χ4v) is 7.71. The minimum absolute atomic E-state index is 0.869. The highest BCUT2D eigenvalue weighted by Gasteiger charge is 2.20. The van der Waals surface area contributed by atoms with E-state index in [2.05, 4.69) is 181 Å². The second-order valence-electron chi connectivity index (χ2n) is 12.9. The molecular weight excluding hydrogens is 607 g/mol. The molecule has 0 amide bonds. The molecule has 2 nitrogen and oxygen atoms in total. The molecule has 0 radical (unpaired) electrons. The fraction of sp³-hybridized carbons (Fsp3) is 0. The fourth-order valence-electron chi connectivity index (χ4n) is 7.71. The Balaban J connectivity index is 1.17. The first-order chi connectivity index (χ1) is 24.8. The number of hydrogen-bond donors (Lipinski definition) is 0. The van der Waals surface area contributed by atoms with Crippen molar-refractivity contribution in [3.05, 3.63) is 188 Å². The summed E-state index contributed by atoms with van der Waals surface area (Å²) in [5.41, 5.74) is 9.67. The van der Waals surface area contributed by atoms with Gasteiger partial charge in [0, 0.05) is 22.1 Å². The molecule has 0 aliphatic rings.